The Morgan fingerprint density at radius 1 is 1.38 bits per heavy atom. The van der Waals surface area contributed by atoms with Crippen LogP contribution in [0.1, 0.15) is 12.0 Å². The molecule has 0 aliphatic rings. The molecule has 1 aromatic carbocycles. The van der Waals surface area contributed by atoms with Gasteiger partial charge in [0.2, 0.25) is 5.91 Å². The Bertz CT molecular complexity index is 485. The summed E-state index contributed by atoms with van der Waals surface area (Å²) in [5.41, 5.74) is 0.893. The number of carbonyl (C=O) groups is 2. The molecule has 0 heterocycles. The first kappa shape index (κ1) is 17.8. The van der Waals surface area contributed by atoms with Gasteiger partial charge in [-0.25, -0.2) is 4.79 Å². The second kappa shape index (κ2) is 9.65. The summed E-state index contributed by atoms with van der Waals surface area (Å²) in [5, 5.41) is 15.1. The number of nitrogens with one attached hydrogen (secondary N) is 2. The maximum absolute atomic E-state index is 11.7. The second-order valence-electron chi connectivity index (χ2n) is 4.43. The lowest BCUT2D eigenvalue weighted by Crippen LogP contribution is -2.44. The van der Waals surface area contributed by atoms with Crippen LogP contribution in [0.15, 0.2) is 24.3 Å². The van der Waals surface area contributed by atoms with E-state index in [1.54, 1.807) is 17.8 Å². The molecule has 1 atom stereocenters. The molecular formula is C14H19ClN2O3S. The third kappa shape index (κ3) is 6.84. The molecule has 0 saturated carbocycles. The highest BCUT2D eigenvalue weighted by Gasteiger charge is 2.18. The van der Waals surface area contributed by atoms with Crippen LogP contribution in [0, 0.1) is 0 Å². The Hall–Kier alpha value is -1.24. The van der Waals surface area contributed by atoms with Gasteiger partial charge < -0.3 is 15.7 Å². The zero-order chi connectivity index (χ0) is 15.7. The van der Waals surface area contributed by atoms with Gasteiger partial charge in [-0.15, -0.1) is 0 Å². The van der Waals surface area contributed by atoms with Crippen LogP contribution < -0.4 is 10.6 Å². The summed E-state index contributed by atoms with van der Waals surface area (Å²) < 4.78 is 0. The number of rotatable bonds is 9. The maximum Gasteiger partial charge on any atom is 0.326 e. The van der Waals surface area contributed by atoms with Gasteiger partial charge in [-0.1, -0.05) is 29.8 Å². The minimum Gasteiger partial charge on any atom is -0.480 e. The number of aliphatic carboxylic acids is 1. The fourth-order valence-corrected chi connectivity index (χ4v) is 2.36. The van der Waals surface area contributed by atoms with Crippen molar-refractivity contribution in [2.75, 3.05) is 18.6 Å². The molecule has 5 nitrogen and oxygen atoms in total. The Morgan fingerprint density at radius 2 is 2.10 bits per heavy atom. The van der Waals surface area contributed by atoms with E-state index in [0.717, 1.165) is 5.56 Å². The highest BCUT2D eigenvalue weighted by molar-refractivity contribution is 7.98. The van der Waals surface area contributed by atoms with Crippen molar-refractivity contribution >= 4 is 35.2 Å². The van der Waals surface area contributed by atoms with E-state index in [2.05, 4.69) is 10.6 Å². The molecule has 3 N–H and O–H groups in total. The van der Waals surface area contributed by atoms with Gasteiger partial charge in [0.05, 0.1) is 6.54 Å². The molecule has 0 fully saturated rings. The van der Waals surface area contributed by atoms with Gasteiger partial charge in [0.25, 0.3) is 0 Å². The van der Waals surface area contributed by atoms with Crippen molar-refractivity contribution in [3.05, 3.63) is 34.9 Å². The maximum atomic E-state index is 11.7. The molecule has 7 heteroatoms. The van der Waals surface area contributed by atoms with Crippen LogP contribution in [0.2, 0.25) is 5.02 Å². The van der Waals surface area contributed by atoms with Gasteiger partial charge in [0, 0.05) is 11.6 Å². The van der Waals surface area contributed by atoms with Gasteiger partial charge in [-0.2, -0.15) is 11.8 Å². The highest BCUT2D eigenvalue weighted by Crippen LogP contribution is 2.14. The lowest BCUT2D eigenvalue weighted by molar-refractivity contribution is -0.141. The summed E-state index contributed by atoms with van der Waals surface area (Å²) in [5.74, 6) is -0.663. The molecular weight excluding hydrogens is 312 g/mol. The van der Waals surface area contributed by atoms with Gasteiger partial charge in [0.15, 0.2) is 0 Å². The largest absolute Gasteiger partial charge is 0.480 e. The quantitative estimate of drug-likeness (QED) is 0.643. The summed E-state index contributed by atoms with van der Waals surface area (Å²) in [6.45, 7) is 0.504. The second-order valence-corrected chi connectivity index (χ2v) is 5.83. The molecule has 0 aromatic heterocycles. The van der Waals surface area contributed by atoms with Crippen molar-refractivity contribution < 1.29 is 14.7 Å². The van der Waals surface area contributed by atoms with Crippen LogP contribution in [0.4, 0.5) is 0 Å². The van der Waals surface area contributed by atoms with Gasteiger partial charge in [-0.05, 0) is 30.1 Å². The minimum atomic E-state index is -1.01. The normalized spacial score (nSPS) is 11.9. The van der Waals surface area contributed by atoms with Gasteiger partial charge in [-0.3, -0.25) is 4.79 Å². The number of carbonyl (C=O) groups excluding carboxylic acids is 1. The average molecular weight is 331 g/mol. The summed E-state index contributed by atoms with van der Waals surface area (Å²) >= 11 is 7.55. The van der Waals surface area contributed by atoms with Crippen molar-refractivity contribution in [1.29, 1.82) is 0 Å². The van der Waals surface area contributed by atoms with Crippen LogP contribution in [0.5, 0.6) is 0 Å². The van der Waals surface area contributed by atoms with Crippen molar-refractivity contribution in [3.63, 3.8) is 0 Å². The molecule has 21 heavy (non-hydrogen) atoms. The van der Waals surface area contributed by atoms with E-state index in [1.165, 1.54) is 0 Å². The molecule has 0 unspecified atom stereocenters. The average Bonchev–Trinajstić information content (AvgIpc) is 2.45. The number of hydrogen-bond acceptors (Lipinski definition) is 4. The molecule has 0 bridgehead atoms. The van der Waals surface area contributed by atoms with E-state index in [0.29, 0.717) is 23.7 Å². The molecule has 1 rings (SSSR count). The first-order chi connectivity index (χ1) is 10.0. The molecule has 1 aromatic rings. The zero-order valence-electron chi connectivity index (χ0n) is 11.8. The summed E-state index contributed by atoms with van der Waals surface area (Å²) in [7, 11) is 0. The topological polar surface area (TPSA) is 78.4 Å². The Balaban J connectivity index is 2.36. The Labute approximate surface area is 133 Å². The number of carboxylic acid groups (broad SMARTS) is 1. The monoisotopic (exact) mass is 330 g/mol. The highest BCUT2D eigenvalue weighted by atomic mass is 35.5. The molecule has 0 aliphatic carbocycles. The lowest BCUT2D eigenvalue weighted by atomic mass is 10.2. The van der Waals surface area contributed by atoms with Crippen LogP contribution in [-0.4, -0.2) is 41.6 Å². The van der Waals surface area contributed by atoms with E-state index in [4.69, 9.17) is 16.7 Å². The Kier molecular flexibility index (Phi) is 8.19. The van der Waals surface area contributed by atoms with Gasteiger partial charge in [0.1, 0.15) is 6.04 Å². The van der Waals surface area contributed by atoms with Crippen molar-refractivity contribution in [3.8, 4) is 0 Å². The smallest absolute Gasteiger partial charge is 0.326 e. The number of thioether (sulfide) groups is 1. The van der Waals surface area contributed by atoms with E-state index < -0.39 is 12.0 Å². The van der Waals surface area contributed by atoms with Crippen LogP contribution in [0.25, 0.3) is 0 Å². The third-order valence-corrected chi connectivity index (χ3v) is 3.82. The number of carboxylic acids is 1. The van der Waals surface area contributed by atoms with Crippen molar-refractivity contribution in [2.24, 2.45) is 0 Å². The molecule has 0 radical (unpaired) electrons. The SMILES string of the molecule is CSCC[C@H](NC(=O)CNCc1ccccc1Cl)C(=O)O. The van der Waals surface area contributed by atoms with Crippen molar-refractivity contribution in [1.82, 2.24) is 10.6 Å². The lowest BCUT2D eigenvalue weighted by Gasteiger charge is -2.14. The number of benzene rings is 1. The predicted octanol–water partition coefficient (Wildman–Crippen LogP) is 1.75. The standard InChI is InChI=1S/C14H19ClN2O3S/c1-21-7-6-12(14(19)20)17-13(18)9-16-8-10-4-2-3-5-11(10)15/h2-5,12,16H,6-9H2,1H3,(H,17,18)(H,19,20)/t12-/m0/s1. The van der Waals surface area contributed by atoms with E-state index >= 15 is 0 Å². The minimum absolute atomic E-state index is 0.0499. The summed E-state index contributed by atoms with van der Waals surface area (Å²) in [4.78, 5) is 22.7. The van der Waals surface area contributed by atoms with Crippen LogP contribution in [0.3, 0.4) is 0 Å². The van der Waals surface area contributed by atoms with E-state index in [-0.39, 0.29) is 12.5 Å². The fourth-order valence-electron chi connectivity index (χ4n) is 1.69. The third-order valence-electron chi connectivity index (χ3n) is 2.80. The first-order valence-electron chi connectivity index (χ1n) is 6.49. The number of hydrogen-bond donors (Lipinski definition) is 3. The summed E-state index contributed by atoms with van der Waals surface area (Å²) in [6, 6.07) is 6.51. The molecule has 1 amide bonds. The molecule has 0 saturated heterocycles. The first-order valence-corrected chi connectivity index (χ1v) is 8.27. The van der Waals surface area contributed by atoms with E-state index in [1.807, 2.05) is 24.5 Å². The summed E-state index contributed by atoms with van der Waals surface area (Å²) in [6.07, 6.45) is 2.30. The number of halogens is 1. The van der Waals surface area contributed by atoms with E-state index in [9.17, 15) is 9.59 Å². The molecule has 0 aliphatic heterocycles. The molecule has 0 spiro atoms. The van der Waals surface area contributed by atoms with Crippen molar-refractivity contribution in [2.45, 2.75) is 19.0 Å². The fraction of sp³-hybridized carbons (Fsp3) is 0.429. The van der Waals surface area contributed by atoms with Crippen LogP contribution in [-0.2, 0) is 16.1 Å². The van der Waals surface area contributed by atoms with Gasteiger partial charge >= 0.3 is 5.97 Å². The van der Waals surface area contributed by atoms with Crippen LogP contribution >= 0.6 is 23.4 Å². The zero-order valence-corrected chi connectivity index (χ0v) is 13.3. The predicted molar refractivity (Wildman–Crippen MR) is 85.7 cm³/mol. The number of amides is 1. The Morgan fingerprint density at radius 3 is 2.71 bits per heavy atom. The molecule has 116 valence electrons.